The van der Waals surface area contributed by atoms with E-state index in [4.69, 9.17) is 14.2 Å². The number of carbonyl (C=O) groups excluding carboxylic acids is 1. The van der Waals surface area contributed by atoms with Crippen molar-refractivity contribution < 1.29 is 19.0 Å². The molecule has 1 aliphatic rings. The zero-order valence-electron chi connectivity index (χ0n) is 16.1. The van der Waals surface area contributed by atoms with Crippen molar-refractivity contribution in [2.45, 2.75) is 52.2 Å². The highest BCUT2D eigenvalue weighted by Gasteiger charge is 2.30. The standard InChI is InChI=1S/C20H31NO4/c1-14(2)6-8-21-9-7-16-11-19(23-4)20(24-5)12-17(16)18(21)10-15(3)25-13-22/h11-15,18H,6-10H2,1-5H3/t15-,18+/m0/s1. The second-order valence-electron chi connectivity index (χ2n) is 7.17. The van der Waals surface area contributed by atoms with Crippen molar-refractivity contribution in [3.8, 4) is 11.5 Å². The first-order chi connectivity index (χ1) is 12.0. The number of hydrogen-bond acceptors (Lipinski definition) is 5. The molecule has 5 nitrogen and oxygen atoms in total. The Labute approximate surface area is 151 Å². The monoisotopic (exact) mass is 349 g/mol. The Hall–Kier alpha value is -1.75. The Kier molecular flexibility index (Phi) is 7.12. The Balaban J connectivity index is 2.33. The zero-order valence-corrected chi connectivity index (χ0v) is 16.1. The fraction of sp³-hybridized carbons (Fsp3) is 0.650. The van der Waals surface area contributed by atoms with Gasteiger partial charge < -0.3 is 14.2 Å². The van der Waals surface area contributed by atoms with Crippen LogP contribution in [0.25, 0.3) is 0 Å². The minimum atomic E-state index is -0.122. The third kappa shape index (κ3) is 4.88. The second-order valence-corrected chi connectivity index (χ2v) is 7.17. The van der Waals surface area contributed by atoms with Gasteiger partial charge in [0.15, 0.2) is 11.5 Å². The first-order valence-corrected chi connectivity index (χ1v) is 9.08. The van der Waals surface area contributed by atoms with Crippen LogP contribution in [0.1, 0.15) is 50.8 Å². The molecule has 0 unspecified atom stereocenters. The maximum Gasteiger partial charge on any atom is 0.293 e. The van der Waals surface area contributed by atoms with E-state index in [0.717, 1.165) is 43.9 Å². The Morgan fingerprint density at radius 1 is 1.20 bits per heavy atom. The largest absolute Gasteiger partial charge is 0.493 e. The van der Waals surface area contributed by atoms with Gasteiger partial charge in [-0.3, -0.25) is 9.69 Å². The first kappa shape index (κ1) is 19.6. The van der Waals surface area contributed by atoms with E-state index >= 15 is 0 Å². The van der Waals surface area contributed by atoms with Crippen LogP contribution >= 0.6 is 0 Å². The smallest absolute Gasteiger partial charge is 0.293 e. The topological polar surface area (TPSA) is 48.0 Å². The van der Waals surface area contributed by atoms with Gasteiger partial charge in [-0.1, -0.05) is 13.8 Å². The molecule has 0 aromatic heterocycles. The first-order valence-electron chi connectivity index (χ1n) is 9.08. The number of fused-ring (bicyclic) bond motifs is 1. The molecule has 0 amide bonds. The van der Waals surface area contributed by atoms with E-state index in [1.54, 1.807) is 14.2 Å². The molecule has 0 N–H and O–H groups in total. The lowest BCUT2D eigenvalue weighted by atomic mass is 9.88. The molecular weight excluding hydrogens is 318 g/mol. The van der Waals surface area contributed by atoms with Gasteiger partial charge in [-0.15, -0.1) is 0 Å². The van der Waals surface area contributed by atoms with Gasteiger partial charge in [-0.05, 0) is 55.5 Å². The lowest BCUT2D eigenvalue weighted by Crippen LogP contribution is -2.38. The van der Waals surface area contributed by atoms with Crippen molar-refractivity contribution in [3.05, 3.63) is 23.3 Å². The third-order valence-corrected chi connectivity index (χ3v) is 4.95. The van der Waals surface area contributed by atoms with E-state index in [0.29, 0.717) is 12.4 Å². The maximum atomic E-state index is 10.7. The zero-order chi connectivity index (χ0) is 18.4. The number of rotatable bonds is 9. The summed E-state index contributed by atoms with van der Waals surface area (Å²) in [7, 11) is 3.33. The van der Waals surface area contributed by atoms with Gasteiger partial charge >= 0.3 is 0 Å². The average Bonchev–Trinajstić information content (AvgIpc) is 2.59. The summed E-state index contributed by atoms with van der Waals surface area (Å²) in [6, 6.07) is 4.40. The summed E-state index contributed by atoms with van der Waals surface area (Å²) in [5.41, 5.74) is 2.55. The summed E-state index contributed by atoms with van der Waals surface area (Å²) in [6.45, 7) is 9.04. The molecule has 2 atom stereocenters. The van der Waals surface area contributed by atoms with Crippen LogP contribution in [0.3, 0.4) is 0 Å². The highest BCUT2D eigenvalue weighted by Crippen LogP contribution is 2.40. The number of hydrogen-bond donors (Lipinski definition) is 0. The summed E-state index contributed by atoms with van der Waals surface area (Å²) in [4.78, 5) is 13.2. The van der Waals surface area contributed by atoms with E-state index in [1.165, 1.54) is 11.1 Å². The summed E-state index contributed by atoms with van der Waals surface area (Å²) < 4.78 is 16.1. The summed E-state index contributed by atoms with van der Waals surface area (Å²) >= 11 is 0. The molecule has 0 saturated heterocycles. The number of nitrogens with zero attached hydrogens (tertiary/aromatic N) is 1. The highest BCUT2D eigenvalue weighted by atomic mass is 16.5. The molecule has 0 fully saturated rings. The molecule has 0 aliphatic carbocycles. The molecule has 1 heterocycles. The predicted molar refractivity (Wildman–Crippen MR) is 98.2 cm³/mol. The molecule has 0 bridgehead atoms. The van der Waals surface area contributed by atoms with Crippen LogP contribution in [0.2, 0.25) is 0 Å². The molecule has 140 valence electrons. The number of ether oxygens (including phenoxy) is 3. The minimum Gasteiger partial charge on any atom is -0.493 e. The van der Waals surface area contributed by atoms with E-state index in [-0.39, 0.29) is 12.1 Å². The quantitative estimate of drug-likeness (QED) is 0.638. The van der Waals surface area contributed by atoms with Gasteiger partial charge in [-0.2, -0.15) is 0 Å². The van der Waals surface area contributed by atoms with Crippen LogP contribution in [0.5, 0.6) is 11.5 Å². The minimum absolute atomic E-state index is 0.122. The lowest BCUT2D eigenvalue weighted by Gasteiger charge is -2.39. The lowest BCUT2D eigenvalue weighted by molar-refractivity contribution is -0.133. The molecule has 2 rings (SSSR count). The van der Waals surface area contributed by atoms with Crippen LogP contribution < -0.4 is 9.47 Å². The van der Waals surface area contributed by atoms with Crippen molar-refractivity contribution in [2.75, 3.05) is 27.3 Å². The molecule has 1 aromatic rings. The van der Waals surface area contributed by atoms with Gasteiger partial charge in [0.25, 0.3) is 6.47 Å². The summed E-state index contributed by atoms with van der Waals surface area (Å²) in [6.07, 6.45) is 2.80. The van der Waals surface area contributed by atoms with E-state index in [9.17, 15) is 4.79 Å². The van der Waals surface area contributed by atoms with Gasteiger partial charge in [0, 0.05) is 19.0 Å². The van der Waals surface area contributed by atoms with E-state index in [2.05, 4.69) is 30.9 Å². The predicted octanol–water partition coefficient (Wildman–Crippen LogP) is 3.60. The van der Waals surface area contributed by atoms with Crippen molar-refractivity contribution in [2.24, 2.45) is 5.92 Å². The molecule has 0 radical (unpaired) electrons. The fourth-order valence-electron chi connectivity index (χ4n) is 3.51. The molecule has 5 heteroatoms. The molecule has 25 heavy (non-hydrogen) atoms. The van der Waals surface area contributed by atoms with Crippen molar-refractivity contribution in [3.63, 3.8) is 0 Å². The molecule has 1 aliphatic heterocycles. The summed E-state index contributed by atoms with van der Waals surface area (Å²) in [5.74, 6) is 2.19. The van der Waals surface area contributed by atoms with Crippen molar-refractivity contribution >= 4 is 6.47 Å². The maximum absolute atomic E-state index is 10.7. The van der Waals surface area contributed by atoms with Gasteiger partial charge in [0.05, 0.1) is 14.2 Å². The normalized spacial score (nSPS) is 18.6. The molecule has 0 saturated carbocycles. The van der Waals surface area contributed by atoms with Gasteiger partial charge in [-0.25, -0.2) is 0 Å². The van der Waals surface area contributed by atoms with Crippen molar-refractivity contribution in [1.29, 1.82) is 0 Å². The number of benzene rings is 1. The molecule has 0 spiro atoms. The molecular formula is C20H31NO4. The fourth-order valence-corrected chi connectivity index (χ4v) is 3.51. The van der Waals surface area contributed by atoms with Crippen LogP contribution in [-0.2, 0) is 16.0 Å². The Bertz CT molecular complexity index is 573. The van der Waals surface area contributed by atoms with Crippen molar-refractivity contribution in [1.82, 2.24) is 4.90 Å². The van der Waals surface area contributed by atoms with Crippen LogP contribution in [0.15, 0.2) is 12.1 Å². The Morgan fingerprint density at radius 2 is 1.88 bits per heavy atom. The average molecular weight is 349 g/mol. The van der Waals surface area contributed by atoms with E-state index in [1.807, 2.05) is 6.92 Å². The Morgan fingerprint density at radius 3 is 2.48 bits per heavy atom. The van der Waals surface area contributed by atoms with E-state index < -0.39 is 0 Å². The SMILES string of the molecule is COc1cc2c(cc1OC)[C@@H](C[C@H](C)OC=O)N(CCC(C)C)CC2. The van der Waals surface area contributed by atoms with Crippen LogP contribution in [0, 0.1) is 5.92 Å². The van der Waals surface area contributed by atoms with Crippen LogP contribution in [0.4, 0.5) is 0 Å². The van der Waals surface area contributed by atoms with Gasteiger partial charge in [0.2, 0.25) is 0 Å². The van der Waals surface area contributed by atoms with Crippen LogP contribution in [-0.4, -0.2) is 44.8 Å². The third-order valence-electron chi connectivity index (χ3n) is 4.95. The molecule has 1 aromatic carbocycles. The summed E-state index contributed by atoms with van der Waals surface area (Å²) in [5, 5.41) is 0. The second kappa shape index (κ2) is 9.09. The number of methoxy groups -OCH3 is 2. The van der Waals surface area contributed by atoms with Gasteiger partial charge in [0.1, 0.15) is 6.10 Å². The highest BCUT2D eigenvalue weighted by molar-refractivity contribution is 5.49. The number of carbonyl (C=O) groups is 1.